The Hall–Kier alpha value is -2.70. The summed E-state index contributed by atoms with van der Waals surface area (Å²) in [5.74, 6) is 1.24. The van der Waals surface area contributed by atoms with Crippen LogP contribution in [0, 0.1) is 13.8 Å². The Bertz CT molecular complexity index is 1030. The summed E-state index contributed by atoms with van der Waals surface area (Å²) in [6.07, 6.45) is 0.912. The molecule has 0 N–H and O–H groups in total. The number of aryl methyl sites for hydroxylation is 2. The molecule has 1 fully saturated rings. The average molecular weight is 425 g/mol. The van der Waals surface area contributed by atoms with Crippen LogP contribution in [0.5, 0.6) is 0 Å². The monoisotopic (exact) mass is 424 g/mol. The Labute approximate surface area is 181 Å². The Morgan fingerprint density at radius 1 is 1.07 bits per heavy atom. The van der Waals surface area contributed by atoms with E-state index >= 15 is 0 Å². The van der Waals surface area contributed by atoms with Crippen molar-refractivity contribution in [3.05, 3.63) is 70.1 Å². The normalized spacial score (nSPS) is 15.2. The van der Waals surface area contributed by atoms with Crippen LogP contribution in [0.15, 0.2) is 47.0 Å². The number of hydrogen-bond donors (Lipinski definition) is 0. The van der Waals surface area contributed by atoms with Crippen molar-refractivity contribution in [2.24, 2.45) is 0 Å². The largest absolute Gasteiger partial charge is 0.338 e. The Balaban J connectivity index is 1.38. The van der Waals surface area contributed by atoms with Gasteiger partial charge in [0.15, 0.2) is 0 Å². The van der Waals surface area contributed by atoms with Crippen LogP contribution >= 0.6 is 11.6 Å². The molecule has 0 bridgehead atoms. The maximum Gasteiger partial charge on any atom is 0.254 e. The third-order valence-electron chi connectivity index (χ3n) is 5.42. The zero-order valence-electron chi connectivity index (χ0n) is 17.3. The van der Waals surface area contributed by atoms with Gasteiger partial charge in [0, 0.05) is 42.3 Å². The molecule has 1 aromatic heterocycles. The number of amides is 1. The molecule has 1 aliphatic rings. The van der Waals surface area contributed by atoms with Gasteiger partial charge in [0.25, 0.3) is 5.91 Å². The lowest BCUT2D eigenvalue weighted by Crippen LogP contribution is -2.35. The van der Waals surface area contributed by atoms with Gasteiger partial charge in [0.05, 0.1) is 6.54 Å². The van der Waals surface area contributed by atoms with Crippen molar-refractivity contribution >= 4 is 17.5 Å². The summed E-state index contributed by atoms with van der Waals surface area (Å²) in [4.78, 5) is 21.7. The first-order chi connectivity index (χ1) is 14.5. The first-order valence-electron chi connectivity index (χ1n) is 10.2. The topological polar surface area (TPSA) is 62.5 Å². The number of rotatable bonds is 4. The minimum atomic E-state index is 0.108. The zero-order chi connectivity index (χ0) is 21.1. The van der Waals surface area contributed by atoms with E-state index in [0.29, 0.717) is 29.8 Å². The highest BCUT2D eigenvalue weighted by Gasteiger charge is 2.22. The second-order valence-electron chi connectivity index (χ2n) is 7.76. The molecule has 1 saturated heterocycles. The molecule has 7 heteroatoms. The summed E-state index contributed by atoms with van der Waals surface area (Å²) < 4.78 is 5.45. The smallest absolute Gasteiger partial charge is 0.254 e. The number of hydrogen-bond acceptors (Lipinski definition) is 5. The highest BCUT2D eigenvalue weighted by atomic mass is 35.5. The number of carbonyl (C=O) groups is 1. The predicted molar refractivity (Wildman–Crippen MR) is 116 cm³/mol. The van der Waals surface area contributed by atoms with Gasteiger partial charge in [-0.05, 0) is 56.2 Å². The number of aromatic nitrogens is 2. The molecule has 156 valence electrons. The van der Waals surface area contributed by atoms with Crippen LogP contribution in [0.25, 0.3) is 11.4 Å². The molecule has 0 saturated carbocycles. The standard InChI is InChI=1S/C23H25ClN4O2/c1-16-4-9-20(17(2)14-16)23(29)28-11-3-10-27(12-13-28)15-21-25-22(26-30-21)18-5-7-19(24)8-6-18/h4-9,14H,3,10-13,15H2,1-2H3. The maximum atomic E-state index is 13.0. The van der Waals surface area contributed by atoms with Gasteiger partial charge in [-0.2, -0.15) is 4.98 Å². The second-order valence-corrected chi connectivity index (χ2v) is 8.20. The summed E-state index contributed by atoms with van der Waals surface area (Å²) >= 11 is 5.94. The highest BCUT2D eigenvalue weighted by Crippen LogP contribution is 2.20. The zero-order valence-corrected chi connectivity index (χ0v) is 18.0. The maximum absolute atomic E-state index is 13.0. The van der Waals surface area contributed by atoms with Crippen molar-refractivity contribution in [3.63, 3.8) is 0 Å². The molecule has 0 radical (unpaired) electrons. The van der Waals surface area contributed by atoms with Crippen molar-refractivity contribution < 1.29 is 9.32 Å². The van der Waals surface area contributed by atoms with Crippen LogP contribution in [0.2, 0.25) is 5.02 Å². The minimum Gasteiger partial charge on any atom is -0.338 e. The fraction of sp³-hybridized carbons (Fsp3) is 0.348. The fourth-order valence-electron chi connectivity index (χ4n) is 3.78. The fourth-order valence-corrected chi connectivity index (χ4v) is 3.91. The van der Waals surface area contributed by atoms with Gasteiger partial charge in [-0.25, -0.2) is 0 Å². The number of carbonyl (C=O) groups excluding carboxylic acids is 1. The minimum absolute atomic E-state index is 0.108. The van der Waals surface area contributed by atoms with Crippen molar-refractivity contribution in [2.75, 3.05) is 26.2 Å². The van der Waals surface area contributed by atoms with Gasteiger partial charge >= 0.3 is 0 Å². The van der Waals surface area contributed by atoms with Crippen molar-refractivity contribution in [1.29, 1.82) is 0 Å². The van der Waals surface area contributed by atoms with Crippen LogP contribution in [0.1, 0.15) is 33.8 Å². The van der Waals surface area contributed by atoms with E-state index in [9.17, 15) is 4.79 Å². The molecule has 0 spiro atoms. The van der Waals surface area contributed by atoms with Crippen LogP contribution in [0.4, 0.5) is 0 Å². The molecule has 1 amide bonds. The Morgan fingerprint density at radius 3 is 2.63 bits per heavy atom. The summed E-state index contributed by atoms with van der Waals surface area (Å²) in [5.41, 5.74) is 3.86. The predicted octanol–water partition coefficient (Wildman–Crippen LogP) is 4.35. The summed E-state index contributed by atoms with van der Waals surface area (Å²) in [6, 6.07) is 13.4. The van der Waals surface area contributed by atoms with Crippen LogP contribution in [-0.2, 0) is 6.54 Å². The van der Waals surface area contributed by atoms with E-state index in [4.69, 9.17) is 16.1 Å². The van der Waals surface area contributed by atoms with E-state index in [1.165, 1.54) is 5.56 Å². The first kappa shape index (κ1) is 20.6. The van der Waals surface area contributed by atoms with Gasteiger partial charge in [-0.3, -0.25) is 9.69 Å². The quantitative estimate of drug-likeness (QED) is 0.622. The van der Waals surface area contributed by atoms with E-state index in [1.807, 2.05) is 55.1 Å². The number of nitrogens with zero attached hydrogens (tertiary/aromatic N) is 4. The SMILES string of the molecule is Cc1ccc(C(=O)N2CCCN(Cc3nc(-c4ccc(Cl)cc4)no3)CC2)c(C)c1. The second kappa shape index (κ2) is 8.98. The molecular weight excluding hydrogens is 400 g/mol. The lowest BCUT2D eigenvalue weighted by atomic mass is 10.0. The molecule has 30 heavy (non-hydrogen) atoms. The Morgan fingerprint density at radius 2 is 1.87 bits per heavy atom. The molecule has 3 aromatic rings. The van der Waals surface area contributed by atoms with Gasteiger partial charge in [-0.1, -0.05) is 34.5 Å². The molecule has 0 aliphatic carbocycles. The van der Waals surface area contributed by atoms with Gasteiger partial charge in [-0.15, -0.1) is 0 Å². The molecule has 1 aliphatic heterocycles. The third kappa shape index (κ3) is 4.71. The van der Waals surface area contributed by atoms with Crippen molar-refractivity contribution in [3.8, 4) is 11.4 Å². The van der Waals surface area contributed by atoms with Crippen LogP contribution in [0.3, 0.4) is 0 Å². The number of benzene rings is 2. The van der Waals surface area contributed by atoms with Crippen molar-refractivity contribution in [1.82, 2.24) is 19.9 Å². The molecule has 4 rings (SSSR count). The van der Waals surface area contributed by atoms with Gasteiger partial charge in [0.2, 0.25) is 11.7 Å². The van der Waals surface area contributed by atoms with Crippen molar-refractivity contribution in [2.45, 2.75) is 26.8 Å². The van der Waals surface area contributed by atoms with Crippen LogP contribution in [-0.4, -0.2) is 52.0 Å². The van der Waals surface area contributed by atoms with E-state index in [-0.39, 0.29) is 5.91 Å². The average Bonchev–Trinajstić information content (AvgIpc) is 3.06. The van der Waals surface area contributed by atoms with Crippen LogP contribution < -0.4 is 0 Å². The van der Waals surface area contributed by atoms with E-state index in [0.717, 1.165) is 42.7 Å². The van der Waals surface area contributed by atoms with Gasteiger partial charge < -0.3 is 9.42 Å². The van der Waals surface area contributed by atoms with E-state index < -0.39 is 0 Å². The summed E-state index contributed by atoms with van der Waals surface area (Å²) in [5, 5.41) is 4.76. The third-order valence-corrected chi connectivity index (χ3v) is 5.67. The Kier molecular flexibility index (Phi) is 6.16. The summed E-state index contributed by atoms with van der Waals surface area (Å²) in [6.45, 7) is 7.71. The summed E-state index contributed by atoms with van der Waals surface area (Å²) in [7, 11) is 0. The first-order valence-corrected chi connectivity index (χ1v) is 10.5. The molecule has 2 heterocycles. The molecule has 2 aromatic carbocycles. The molecule has 0 atom stereocenters. The highest BCUT2D eigenvalue weighted by molar-refractivity contribution is 6.30. The molecule has 6 nitrogen and oxygen atoms in total. The van der Waals surface area contributed by atoms with E-state index in [1.54, 1.807) is 0 Å². The lowest BCUT2D eigenvalue weighted by Gasteiger charge is -2.22. The lowest BCUT2D eigenvalue weighted by molar-refractivity contribution is 0.0760. The van der Waals surface area contributed by atoms with Gasteiger partial charge in [0.1, 0.15) is 0 Å². The van der Waals surface area contributed by atoms with E-state index in [2.05, 4.69) is 21.1 Å². The molecule has 0 unspecified atom stereocenters. The number of halogens is 1. The molecular formula is C23H25ClN4O2.